The zero-order chi connectivity index (χ0) is 16.7. The number of carbonyl (C=O) groups excluding carboxylic acids is 1. The van der Waals surface area contributed by atoms with Gasteiger partial charge in [0.05, 0.1) is 18.6 Å². The van der Waals surface area contributed by atoms with Gasteiger partial charge in [0, 0.05) is 19.5 Å². The first kappa shape index (κ1) is 17.5. The van der Waals surface area contributed by atoms with Crippen molar-refractivity contribution in [1.29, 1.82) is 0 Å². The van der Waals surface area contributed by atoms with E-state index in [9.17, 15) is 14.7 Å². The normalized spacial score (nSPS) is 15.7. The number of rotatable bonds is 9. The molecule has 0 spiro atoms. The maximum absolute atomic E-state index is 12.4. The van der Waals surface area contributed by atoms with Gasteiger partial charge in [-0.2, -0.15) is 0 Å². The lowest BCUT2D eigenvalue weighted by atomic mass is 9.66. The van der Waals surface area contributed by atoms with Crippen molar-refractivity contribution < 1.29 is 19.4 Å². The fraction of sp³-hybridized carbons (Fsp3) is 0.556. The number of carboxylic acids is 1. The number of aliphatic carboxylic acids is 1. The summed E-state index contributed by atoms with van der Waals surface area (Å²) < 4.78 is 5.61. The first-order valence-corrected chi connectivity index (χ1v) is 8.20. The van der Waals surface area contributed by atoms with Gasteiger partial charge in [-0.15, -0.1) is 0 Å². The van der Waals surface area contributed by atoms with Crippen molar-refractivity contribution in [2.75, 3.05) is 19.7 Å². The van der Waals surface area contributed by atoms with Gasteiger partial charge in [-0.3, -0.25) is 9.59 Å². The lowest BCUT2D eigenvalue weighted by molar-refractivity contribution is -0.159. The molecule has 126 valence electrons. The summed E-state index contributed by atoms with van der Waals surface area (Å²) in [5.74, 6) is -0.925. The molecule has 23 heavy (non-hydrogen) atoms. The predicted octanol–water partition coefficient (Wildman–Crippen LogP) is 2.70. The van der Waals surface area contributed by atoms with E-state index < -0.39 is 11.4 Å². The lowest BCUT2D eigenvalue weighted by Crippen LogP contribution is -2.44. The summed E-state index contributed by atoms with van der Waals surface area (Å²) in [5, 5.41) is 9.33. The minimum absolute atomic E-state index is 0.0853. The van der Waals surface area contributed by atoms with E-state index >= 15 is 0 Å². The maximum Gasteiger partial charge on any atom is 0.310 e. The summed E-state index contributed by atoms with van der Waals surface area (Å²) in [4.78, 5) is 25.4. The molecule has 1 amide bonds. The van der Waals surface area contributed by atoms with E-state index in [4.69, 9.17) is 4.74 Å². The minimum Gasteiger partial charge on any atom is -0.481 e. The van der Waals surface area contributed by atoms with Crippen molar-refractivity contribution in [1.82, 2.24) is 4.90 Å². The molecule has 1 aromatic carbocycles. The second kappa shape index (κ2) is 8.11. The van der Waals surface area contributed by atoms with Gasteiger partial charge in [-0.1, -0.05) is 36.8 Å². The average molecular weight is 319 g/mol. The number of carboxylic acid groups (broad SMARTS) is 1. The van der Waals surface area contributed by atoms with Crippen LogP contribution in [-0.4, -0.2) is 41.6 Å². The van der Waals surface area contributed by atoms with Crippen LogP contribution in [0.2, 0.25) is 0 Å². The first-order chi connectivity index (χ1) is 11.1. The number of ether oxygens (including phenoxy) is 1. The Hall–Kier alpha value is -1.88. The van der Waals surface area contributed by atoms with E-state index in [2.05, 4.69) is 0 Å². The van der Waals surface area contributed by atoms with Gasteiger partial charge in [0.15, 0.2) is 0 Å². The highest BCUT2D eigenvalue weighted by Gasteiger charge is 2.46. The summed E-state index contributed by atoms with van der Waals surface area (Å²) in [6.45, 7) is 3.95. The monoisotopic (exact) mass is 319 g/mol. The SMILES string of the molecule is CCN(CCOCc1ccccc1)C(=O)CC1(C(=O)O)CCC1. The smallest absolute Gasteiger partial charge is 0.310 e. The number of hydrogen-bond acceptors (Lipinski definition) is 3. The Labute approximate surface area is 137 Å². The number of benzene rings is 1. The van der Waals surface area contributed by atoms with E-state index in [0.29, 0.717) is 39.1 Å². The molecule has 1 fully saturated rings. The molecular formula is C18H25NO4. The summed E-state index contributed by atoms with van der Waals surface area (Å²) in [6, 6.07) is 9.88. The topological polar surface area (TPSA) is 66.8 Å². The molecule has 1 N–H and O–H groups in total. The quantitative estimate of drug-likeness (QED) is 0.711. The average Bonchev–Trinajstić information content (AvgIpc) is 2.51. The van der Waals surface area contributed by atoms with Gasteiger partial charge >= 0.3 is 5.97 Å². The van der Waals surface area contributed by atoms with Crippen molar-refractivity contribution in [3.8, 4) is 0 Å². The van der Waals surface area contributed by atoms with Crippen LogP contribution in [0.15, 0.2) is 30.3 Å². The first-order valence-electron chi connectivity index (χ1n) is 8.20. The van der Waals surface area contributed by atoms with Gasteiger partial charge < -0.3 is 14.7 Å². The predicted molar refractivity (Wildman–Crippen MR) is 86.9 cm³/mol. The van der Waals surface area contributed by atoms with Crippen LogP contribution in [0.1, 0.15) is 38.2 Å². The Morgan fingerprint density at radius 3 is 2.48 bits per heavy atom. The van der Waals surface area contributed by atoms with Crippen molar-refractivity contribution in [3.05, 3.63) is 35.9 Å². The number of carbonyl (C=O) groups is 2. The van der Waals surface area contributed by atoms with Crippen LogP contribution in [0.4, 0.5) is 0 Å². The molecule has 2 rings (SSSR count). The van der Waals surface area contributed by atoms with Crippen molar-refractivity contribution >= 4 is 11.9 Å². The zero-order valence-corrected chi connectivity index (χ0v) is 13.7. The van der Waals surface area contributed by atoms with Crippen LogP contribution in [0, 0.1) is 5.41 Å². The van der Waals surface area contributed by atoms with E-state index in [0.717, 1.165) is 12.0 Å². The number of hydrogen-bond donors (Lipinski definition) is 1. The second-order valence-electron chi connectivity index (χ2n) is 6.13. The third-order valence-corrected chi connectivity index (χ3v) is 4.61. The third kappa shape index (κ3) is 4.55. The summed E-state index contributed by atoms with van der Waals surface area (Å²) in [7, 11) is 0. The molecule has 0 saturated heterocycles. The fourth-order valence-electron chi connectivity index (χ4n) is 2.87. The van der Waals surface area contributed by atoms with Crippen molar-refractivity contribution in [2.45, 2.75) is 39.2 Å². The third-order valence-electron chi connectivity index (χ3n) is 4.61. The van der Waals surface area contributed by atoms with Gasteiger partial charge in [-0.25, -0.2) is 0 Å². The molecule has 0 bridgehead atoms. The zero-order valence-electron chi connectivity index (χ0n) is 13.7. The van der Waals surface area contributed by atoms with E-state index in [1.54, 1.807) is 4.90 Å². The van der Waals surface area contributed by atoms with Crippen LogP contribution >= 0.6 is 0 Å². The molecule has 0 aliphatic heterocycles. The van der Waals surface area contributed by atoms with Gasteiger partial charge in [0.1, 0.15) is 0 Å². The summed E-state index contributed by atoms with van der Waals surface area (Å²) in [6.07, 6.45) is 2.22. The van der Waals surface area contributed by atoms with E-state index in [1.165, 1.54) is 0 Å². The molecule has 0 heterocycles. The highest BCUT2D eigenvalue weighted by atomic mass is 16.5. The largest absolute Gasteiger partial charge is 0.481 e. The highest BCUT2D eigenvalue weighted by molar-refractivity contribution is 5.85. The molecule has 0 aromatic heterocycles. The van der Waals surface area contributed by atoms with E-state index in [-0.39, 0.29) is 12.3 Å². The minimum atomic E-state index is -0.839. The van der Waals surface area contributed by atoms with Crippen molar-refractivity contribution in [2.24, 2.45) is 5.41 Å². The number of nitrogens with zero attached hydrogens (tertiary/aromatic N) is 1. The Balaban J connectivity index is 1.76. The van der Waals surface area contributed by atoms with Gasteiger partial charge in [-0.05, 0) is 25.3 Å². The summed E-state index contributed by atoms with van der Waals surface area (Å²) in [5.41, 5.74) is 0.274. The van der Waals surface area contributed by atoms with Crippen LogP contribution in [-0.2, 0) is 20.9 Å². The summed E-state index contributed by atoms with van der Waals surface area (Å²) >= 11 is 0. The molecule has 1 aliphatic rings. The highest BCUT2D eigenvalue weighted by Crippen LogP contribution is 2.44. The molecule has 1 aliphatic carbocycles. The van der Waals surface area contributed by atoms with Crippen LogP contribution in [0.25, 0.3) is 0 Å². The van der Waals surface area contributed by atoms with Crippen molar-refractivity contribution in [3.63, 3.8) is 0 Å². The Kier molecular flexibility index (Phi) is 6.16. The molecule has 0 radical (unpaired) electrons. The van der Waals surface area contributed by atoms with E-state index in [1.807, 2.05) is 37.3 Å². The standard InChI is InChI=1S/C18H25NO4/c1-2-19(11-12-23-14-15-7-4-3-5-8-15)16(20)13-18(17(21)22)9-6-10-18/h3-5,7-8H,2,6,9-14H2,1H3,(H,21,22). The molecule has 0 atom stereocenters. The van der Waals surface area contributed by atoms with Crippen LogP contribution < -0.4 is 0 Å². The molecule has 1 aromatic rings. The Morgan fingerprint density at radius 2 is 1.96 bits per heavy atom. The Morgan fingerprint density at radius 1 is 1.26 bits per heavy atom. The maximum atomic E-state index is 12.4. The van der Waals surface area contributed by atoms with Crippen LogP contribution in [0.5, 0.6) is 0 Å². The van der Waals surface area contributed by atoms with Gasteiger partial charge in [0.25, 0.3) is 0 Å². The number of amides is 1. The molecule has 5 nitrogen and oxygen atoms in total. The Bertz CT molecular complexity index is 525. The van der Waals surface area contributed by atoms with Gasteiger partial charge in [0.2, 0.25) is 5.91 Å². The molecule has 0 unspecified atom stereocenters. The molecule has 1 saturated carbocycles. The molecular weight excluding hydrogens is 294 g/mol. The second-order valence-corrected chi connectivity index (χ2v) is 6.13. The lowest BCUT2D eigenvalue weighted by Gasteiger charge is -2.38. The molecule has 5 heteroatoms. The fourth-order valence-corrected chi connectivity index (χ4v) is 2.87. The van der Waals surface area contributed by atoms with Crippen LogP contribution in [0.3, 0.4) is 0 Å². The number of likely N-dealkylation sites (N-methyl/N-ethyl adjacent to an activating group) is 1.